The maximum atomic E-state index is 12.2. The molecule has 0 bridgehead atoms. The van der Waals surface area contributed by atoms with E-state index in [1.54, 1.807) is 25.3 Å². The van der Waals surface area contributed by atoms with Crippen LogP contribution in [0.25, 0.3) is 0 Å². The smallest absolute Gasteiger partial charge is 0.261 e. The summed E-state index contributed by atoms with van der Waals surface area (Å²) in [4.78, 5) is 12.2. The molecule has 116 valence electrons. The summed E-state index contributed by atoms with van der Waals surface area (Å²) >= 11 is 5.09. The van der Waals surface area contributed by atoms with Crippen molar-refractivity contribution in [3.63, 3.8) is 0 Å². The maximum absolute atomic E-state index is 12.2. The van der Waals surface area contributed by atoms with Crippen molar-refractivity contribution in [3.8, 4) is 5.75 Å². The van der Waals surface area contributed by atoms with Crippen molar-refractivity contribution < 1.29 is 14.3 Å². The zero-order chi connectivity index (χ0) is 15.5. The molecule has 0 spiro atoms. The number of carbonyl (C=O) groups excluding carboxylic acids is 1. The first-order valence-corrected chi connectivity index (χ1v) is 7.39. The fourth-order valence-corrected chi connectivity index (χ4v) is 1.82. The Kier molecular flexibility index (Phi) is 8.38. The molecule has 1 aromatic carbocycles. The summed E-state index contributed by atoms with van der Waals surface area (Å²) in [6.07, 6.45) is 1.71. The van der Waals surface area contributed by atoms with Crippen LogP contribution >= 0.6 is 12.2 Å². The molecule has 0 fully saturated rings. The molecule has 2 N–H and O–H groups in total. The largest absolute Gasteiger partial charge is 0.493 e. The number of rotatable bonds is 8. The summed E-state index contributed by atoms with van der Waals surface area (Å²) in [5.74, 6) is 0.296. The standard InChI is InChI=1S/C15H22N2O3S/c1-3-10-20-13-8-5-4-7-12(13)14(18)17-15(21)16-9-6-11-19-2/h4-5,7-8H,3,6,9-11H2,1-2H3,(H2,16,17,18,21). The molecule has 6 heteroatoms. The SMILES string of the molecule is CCCOc1ccccc1C(=O)NC(=S)NCCCOC. The summed E-state index contributed by atoms with van der Waals surface area (Å²) in [5, 5.41) is 5.92. The molecule has 0 saturated heterocycles. The van der Waals surface area contributed by atoms with E-state index in [-0.39, 0.29) is 5.91 Å². The first-order valence-electron chi connectivity index (χ1n) is 6.99. The average molecular weight is 310 g/mol. The van der Waals surface area contributed by atoms with Gasteiger partial charge in [0, 0.05) is 20.3 Å². The highest BCUT2D eigenvalue weighted by Gasteiger charge is 2.13. The number of para-hydroxylation sites is 1. The van der Waals surface area contributed by atoms with Crippen LogP contribution in [-0.4, -0.2) is 37.9 Å². The molecule has 0 saturated carbocycles. The summed E-state index contributed by atoms with van der Waals surface area (Å²) in [5.41, 5.74) is 0.479. The van der Waals surface area contributed by atoms with Gasteiger partial charge in [0.25, 0.3) is 5.91 Å². The number of hydrogen-bond donors (Lipinski definition) is 2. The molecule has 0 aliphatic carbocycles. The van der Waals surface area contributed by atoms with Gasteiger partial charge in [0.05, 0.1) is 12.2 Å². The van der Waals surface area contributed by atoms with Gasteiger partial charge in [-0.1, -0.05) is 19.1 Å². The zero-order valence-corrected chi connectivity index (χ0v) is 13.3. The predicted octanol–water partition coefficient (Wildman–Crippen LogP) is 2.12. The summed E-state index contributed by atoms with van der Waals surface area (Å²) in [6.45, 7) is 3.89. The minimum absolute atomic E-state index is 0.272. The molecule has 0 heterocycles. The number of thiocarbonyl (C=S) groups is 1. The minimum atomic E-state index is -0.272. The molecule has 21 heavy (non-hydrogen) atoms. The van der Waals surface area contributed by atoms with Crippen LogP contribution in [0, 0.1) is 0 Å². The van der Waals surface area contributed by atoms with Crippen molar-refractivity contribution in [2.24, 2.45) is 0 Å². The van der Waals surface area contributed by atoms with Crippen molar-refractivity contribution in [1.82, 2.24) is 10.6 Å². The van der Waals surface area contributed by atoms with Gasteiger partial charge in [-0.15, -0.1) is 0 Å². The maximum Gasteiger partial charge on any atom is 0.261 e. The Balaban J connectivity index is 2.52. The number of nitrogens with one attached hydrogen (secondary N) is 2. The molecule has 0 unspecified atom stereocenters. The van der Waals surface area contributed by atoms with Gasteiger partial charge in [0.1, 0.15) is 5.75 Å². The minimum Gasteiger partial charge on any atom is -0.493 e. The highest BCUT2D eigenvalue weighted by Crippen LogP contribution is 2.17. The lowest BCUT2D eigenvalue weighted by molar-refractivity contribution is 0.0972. The van der Waals surface area contributed by atoms with Crippen LogP contribution in [-0.2, 0) is 4.74 Å². The van der Waals surface area contributed by atoms with Crippen molar-refractivity contribution in [3.05, 3.63) is 29.8 Å². The van der Waals surface area contributed by atoms with Crippen LogP contribution in [0.2, 0.25) is 0 Å². The van der Waals surface area contributed by atoms with E-state index in [1.165, 1.54) is 0 Å². The van der Waals surface area contributed by atoms with Gasteiger partial charge in [0.15, 0.2) is 5.11 Å². The molecule has 0 radical (unpaired) electrons. The monoisotopic (exact) mass is 310 g/mol. The summed E-state index contributed by atoms with van der Waals surface area (Å²) in [6, 6.07) is 7.12. The van der Waals surface area contributed by atoms with E-state index >= 15 is 0 Å². The Labute approximate surface area is 131 Å². The summed E-state index contributed by atoms with van der Waals surface area (Å²) < 4.78 is 10.5. The Morgan fingerprint density at radius 2 is 2.05 bits per heavy atom. The third kappa shape index (κ3) is 6.55. The summed E-state index contributed by atoms with van der Waals surface area (Å²) in [7, 11) is 1.65. The van der Waals surface area contributed by atoms with Crippen molar-refractivity contribution in [2.75, 3.05) is 26.9 Å². The molecular weight excluding hydrogens is 288 g/mol. The number of carbonyl (C=O) groups is 1. The van der Waals surface area contributed by atoms with Gasteiger partial charge < -0.3 is 14.8 Å². The fourth-order valence-electron chi connectivity index (χ4n) is 1.63. The third-order valence-corrected chi connectivity index (χ3v) is 2.88. The van der Waals surface area contributed by atoms with Gasteiger partial charge in [-0.3, -0.25) is 10.1 Å². The van der Waals surface area contributed by atoms with Gasteiger partial charge in [-0.05, 0) is 37.2 Å². The zero-order valence-electron chi connectivity index (χ0n) is 12.5. The second kappa shape index (κ2) is 10.1. The molecule has 1 aromatic rings. The van der Waals surface area contributed by atoms with Crippen molar-refractivity contribution in [1.29, 1.82) is 0 Å². The highest BCUT2D eigenvalue weighted by atomic mass is 32.1. The lowest BCUT2D eigenvalue weighted by Gasteiger charge is -2.12. The number of amides is 1. The fraction of sp³-hybridized carbons (Fsp3) is 0.467. The second-order valence-corrected chi connectivity index (χ2v) is 4.81. The topological polar surface area (TPSA) is 59.6 Å². The van der Waals surface area contributed by atoms with E-state index in [9.17, 15) is 4.79 Å². The van der Waals surface area contributed by atoms with E-state index in [0.29, 0.717) is 36.2 Å². The Bertz CT molecular complexity index is 466. The Hall–Kier alpha value is -1.66. The Morgan fingerprint density at radius 1 is 1.29 bits per heavy atom. The first kappa shape index (κ1) is 17.4. The van der Waals surface area contributed by atoms with E-state index in [0.717, 1.165) is 12.8 Å². The molecule has 1 rings (SSSR count). The van der Waals surface area contributed by atoms with Gasteiger partial charge in [-0.2, -0.15) is 0 Å². The molecule has 5 nitrogen and oxygen atoms in total. The van der Waals surface area contributed by atoms with E-state index in [1.807, 2.05) is 13.0 Å². The van der Waals surface area contributed by atoms with Gasteiger partial charge >= 0.3 is 0 Å². The van der Waals surface area contributed by atoms with Crippen LogP contribution in [0.4, 0.5) is 0 Å². The highest BCUT2D eigenvalue weighted by molar-refractivity contribution is 7.80. The normalized spacial score (nSPS) is 10.0. The molecule has 1 amide bonds. The van der Waals surface area contributed by atoms with Crippen molar-refractivity contribution >= 4 is 23.2 Å². The quantitative estimate of drug-likeness (QED) is 0.569. The van der Waals surface area contributed by atoms with Crippen LogP contribution in [0.15, 0.2) is 24.3 Å². The van der Waals surface area contributed by atoms with Crippen LogP contribution in [0.3, 0.4) is 0 Å². The molecule has 0 aliphatic heterocycles. The van der Waals surface area contributed by atoms with Crippen LogP contribution in [0.5, 0.6) is 5.75 Å². The number of benzene rings is 1. The molecule has 0 atom stereocenters. The molecule has 0 aromatic heterocycles. The van der Waals surface area contributed by atoms with Crippen molar-refractivity contribution in [2.45, 2.75) is 19.8 Å². The van der Waals surface area contributed by atoms with Gasteiger partial charge in [0.2, 0.25) is 0 Å². The van der Waals surface area contributed by atoms with E-state index in [4.69, 9.17) is 21.7 Å². The number of ether oxygens (including phenoxy) is 2. The lowest BCUT2D eigenvalue weighted by atomic mass is 10.2. The molecular formula is C15H22N2O3S. The van der Waals surface area contributed by atoms with Crippen LogP contribution < -0.4 is 15.4 Å². The van der Waals surface area contributed by atoms with Gasteiger partial charge in [-0.25, -0.2) is 0 Å². The number of hydrogen-bond acceptors (Lipinski definition) is 4. The number of methoxy groups -OCH3 is 1. The third-order valence-electron chi connectivity index (χ3n) is 2.63. The lowest BCUT2D eigenvalue weighted by Crippen LogP contribution is -2.39. The predicted molar refractivity (Wildman–Crippen MR) is 86.8 cm³/mol. The molecule has 0 aliphatic rings. The first-order chi connectivity index (χ1) is 10.2. The van der Waals surface area contributed by atoms with E-state index in [2.05, 4.69) is 10.6 Å². The average Bonchev–Trinajstić information content (AvgIpc) is 2.49. The Morgan fingerprint density at radius 3 is 2.76 bits per heavy atom. The van der Waals surface area contributed by atoms with Crippen LogP contribution in [0.1, 0.15) is 30.1 Å². The van der Waals surface area contributed by atoms with E-state index < -0.39 is 0 Å². The second-order valence-electron chi connectivity index (χ2n) is 4.40.